The number of aromatic nitrogens is 3. The zero-order valence-corrected chi connectivity index (χ0v) is 16.0. The zero-order chi connectivity index (χ0) is 17.1. The first-order valence-electron chi connectivity index (χ1n) is 8.81. The Morgan fingerprint density at radius 3 is 2.13 bits per heavy atom. The molecule has 0 atom stereocenters. The molecule has 0 aliphatic rings. The second-order valence-corrected chi connectivity index (χ2v) is 6.96. The Morgan fingerprint density at radius 1 is 1.04 bits per heavy atom. The molecule has 0 aliphatic carbocycles. The summed E-state index contributed by atoms with van der Waals surface area (Å²) in [6, 6.07) is -0.139. The molecule has 0 spiro atoms. The minimum Gasteiger partial charge on any atom is -0.329 e. The molecule has 1 amide bonds. The van der Waals surface area contributed by atoms with E-state index in [0.29, 0.717) is 5.16 Å². The van der Waals surface area contributed by atoms with Gasteiger partial charge in [0.2, 0.25) is 0 Å². The first-order valence-corrected chi connectivity index (χ1v) is 10.0. The second kappa shape index (κ2) is 11.5. The Morgan fingerprint density at radius 2 is 1.61 bits per heavy atom. The Bertz CT molecular complexity index is 459. The van der Waals surface area contributed by atoms with Crippen LogP contribution in [0.25, 0.3) is 0 Å². The molecule has 1 rings (SSSR count). The average Bonchev–Trinajstić information content (AvgIpc) is 2.95. The average molecular weight is 341 g/mol. The molecule has 0 radical (unpaired) electrons. The summed E-state index contributed by atoms with van der Waals surface area (Å²) >= 11 is 1.46. The minimum absolute atomic E-state index is 0.139. The molecule has 0 fully saturated rings. The number of nitrogens with zero attached hydrogens (tertiary/aromatic N) is 4. The van der Waals surface area contributed by atoms with Gasteiger partial charge in [-0.15, -0.1) is 5.10 Å². The van der Waals surface area contributed by atoms with E-state index in [-0.39, 0.29) is 6.03 Å². The number of amides is 1. The van der Waals surface area contributed by atoms with Crippen molar-refractivity contribution in [3.05, 3.63) is 5.82 Å². The van der Waals surface area contributed by atoms with Crippen LogP contribution in [0.4, 0.5) is 4.79 Å². The van der Waals surface area contributed by atoms with Crippen molar-refractivity contribution >= 4 is 17.8 Å². The summed E-state index contributed by atoms with van der Waals surface area (Å²) < 4.78 is 1.41. The zero-order valence-electron chi connectivity index (χ0n) is 15.2. The van der Waals surface area contributed by atoms with Gasteiger partial charge in [0, 0.05) is 20.5 Å². The highest BCUT2D eigenvalue weighted by Crippen LogP contribution is 2.15. The maximum Gasteiger partial charge on any atom is 0.346 e. The molecule has 5 nitrogen and oxygen atoms in total. The fourth-order valence-electron chi connectivity index (χ4n) is 2.48. The smallest absolute Gasteiger partial charge is 0.329 e. The number of rotatable bonds is 11. The van der Waals surface area contributed by atoms with Gasteiger partial charge in [-0.3, -0.25) is 0 Å². The lowest BCUT2D eigenvalue weighted by atomic mass is 10.1. The highest BCUT2D eigenvalue weighted by molar-refractivity contribution is 7.98. The molecule has 1 heterocycles. The maximum absolute atomic E-state index is 12.0. The van der Waals surface area contributed by atoms with E-state index in [0.717, 1.165) is 18.7 Å². The molecular weight excluding hydrogens is 308 g/mol. The Hall–Kier alpha value is -1.04. The van der Waals surface area contributed by atoms with E-state index in [1.807, 2.05) is 6.26 Å². The third kappa shape index (κ3) is 7.38. The van der Waals surface area contributed by atoms with Crippen LogP contribution in [0.2, 0.25) is 0 Å². The molecule has 132 valence electrons. The summed E-state index contributed by atoms with van der Waals surface area (Å²) in [6.07, 6.45) is 14.5. The fourth-order valence-corrected chi connectivity index (χ4v) is 2.97. The van der Waals surface area contributed by atoms with Crippen LogP contribution in [-0.2, 0) is 6.42 Å². The quantitative estimate of drug-likeness (QED) is 0.436. The standard InChI is InChI=1S/C17H32N4OS/c1-5-6-7-8-9-10-11-12-13-14-15-18-16(23-4)21(19-15)17(22)20(2)3/h5-14H2,1-4H3. The van der Waals surface area contributed by atoms with Crippen LogP contribution in [0, 0.1) is 0 Å². The number of hydrogen-bond acceptors (Lipinski definition) is 4. The van der Waals surface area contributed by atoms with Crippen LogP contribution in [0.1, 0.15) is 70.5 Å². The van der Waals surface area contributed by atoms with Crippen molar-refractivity contribution < 1.29 is 4.79 Å². The first-order chi connectivity index (χ1) is 11.1. The van der Waals surface area contributed by atoms with Crippen LogP contribution < -0.4 is 0 Å². The monoisotopic (exact) mass is 340 g/mol. The highest BCUT2D eigenvalue weighted by atomic mass is 32.2. The van der Waals surface area contributed by atoms with Gasteiger partial charge in [0.05, 0.1) is 0 Å². The molecule has 0 unspecified atom stereocenters. The third-order valence-corrected chi connectivity index (χ3v) is 4.50. The van der Waals surface area contributed by atoms with Gasteiger partial charge in [0.25, 0.3) is 0 Å². The predicted octanol–water partition coefficient (Wildman–Crippen LogP) is 4.60. The molecule has 0 saturated heterocycles. The summed E-state index contributed by atoms with van der Waals surface area (Å²) in [5.41, 5.74) is 0. The highest BCUT2D eigenvalue weighted by Gasteiger charge is 2.16. The number of aryl methyl sites for hydroxylation is 1. The molecule has 1 aromatic rings. The largest absolute Gasteiger partial charge is 0.346 e. The van der Waals surface area contributed by atoms with Gasteiger partial charge in [-0.25, -0.2) is 9.78 Å². The van der Waals surface area contributed by atoms with E-state index in [4.69, 9.17) is 0 Å². The molecule has 0 saturated carbocycles. The van der Waals surface area contributed by atoms with E-state index in [1.165, 1.54) is 72.7 Å². The Balaban J connectivity index is 2.26. The van der Waals surface area contributed by atoms with E-state index in [1.54, 1.807) is 14.1 Å². The van der Waals surface area contributed by atoms with Crippen molar-refractivity contribution in [2.45, 2.75) is 76.3 Å². The summed E-state index contributed by atoms with van der Waals surface area (Å²) in [6.45, 7) is 2.25. The van der Waals surface area contributed by atoms with E-state index in [9.17, 15) is 4.79 Å². The third-order valence-electron chi connectivity index (χ3n) is 3.87. The van der Waals surface area contributed by atoms with E-state index in [2.05, 4.69) is 17.0 Å². The van der Waals surface area contributed by atoms with E-state index >= 15 is 0 Å². The number of hydrogen-bond donors (Lipinski definition) is 0. The maximum atomic E-state index is 12.0. The van der Waals surface area contributed by atoms with Gasteiger partial charge >= 0.3 is 6.03 Å². The summed E-state index contributed by atoms with van der Waals surface area (Å²) in [7, 11) is 3.46. The van der Waals surface area contributed by atoms with Gasteiger partial charge in [-0.2, -0.15) is 4.68 Å². The van der Waals surface area contributed by atoms with Crippen molar-refractivity contribution in [1.29, 1.82) is 0 Å². The predicted molar refractivity (Wildman–Crippen MR) is 97.2 cm³/mol. The van der Waals surface area contributed by atoms with Gasteiger partial charge in [-0.05, 0) is 12.7 Å². The molecule has 0 bridgehead atoms. The molecule has 0 aromatic carbocycles. The molecular formula is C17H32N4OS. The van der Waals surface area contributed by atoms with E-state index < -0.39 is 0 Å². The molecule has 23 heavy (non-hydrogen) atoms. The normalized spacial score (nSPS) is 11.0. The van der Waals surface area contributed by atoms with Crippen LogP contribution in [0.15, 0.2) is 5.16 Å². The van der Waals surface area contributed by atoms with Gasteiger partial charge in [-0.1, -0.05) is 70.1 Å². The van der Waals surface area contributed by atoms with Gasteiger partial charge in [0.15, 0.2) is 11.0 Å². The molecule has 1 aromatic heterocycles. The summed E-state index contributed by atoms with van der Waals surface area (Å²) in [5.74, 6) is 0.785. The summed E-state index contributed by atoms with van der Waals surface area (Å²) in [5, 5.41) is 5.04. The molecule has 6 heteroatoms. The SMILES string of the molecule is CCCCCCCCCCCc1nc(SC)n(C(=O)N(C)C)n1. The van der Waals surface area contributed by atoms with Crippen LogP contribution in [-0.4, -0.2) is 46.0 Å². The fraction of sp³-hybridized carbons (Fsp3) is 0.824. The lowest BCUT2D eigenvalue weighted by Gasteiger charge is -2.09. The molecule has 0 N–H and O–H groups in total. The minimum atomic E-state index is -0.139. The van der Waals surface area contributed by atoms with Crippen molar-refractivity contribution in [3.8, 4) is 0 Å². The van der Waals surface area contributed by atoms with Gasteiger partial charge in [0.1, 0.15) is 0 Å². The lowest BCUT2D eigenvalue weighted by molar-refractivity contribution is 0.213. The van der Waals surface area contributed by atoms with Crippen LogP contribution in [0.5, 0.6) is 0 Å². The van der Waals surface area contributed by atoms with Crippen molar-refractivity contribution in [2.75, 3.05) is 20.4 Å². The van der Waals surface area contributed by atoms with Crippen molar-refractivity contribution in [2.24, 2.45) is 0 Å². The topological polar surface area (TPSA) is 51.0 Å². The van der Waals surface area contributed by atoms with Crippen molar-refractivity contribution in [1.82, 2.24) is 19.7 Å². The Kier molecular flexibility index (Phi) is 9.99. The lowest BCUT2D eigenvalue weighted by Crippen LogP contribution is -2.28. The first kappa shape index (κ1) is 20.0. The van der Waals surface area contributed by atoms with Crippen molar-refractivity contribution in [3.63, 3.8) is 0 Å². The number of unbranched alkanes of at least 4 members (excludes halogenated alkanes) is 8. The number of carbonyl (C=O) groups excluding carboxylic acids is 1. The molecule has 0 aliphatic heterocycles. The number of carbonyl (C=O) groups is 1. The summed E-state index contributed by atoms with van der Waals surface area (Å²) in [4.78, 5) is 18.0. The van der Waals surface area contributed by atoms with Crippen LogP contribution in [0.3, 0.4) is 0 Å². The number of thioether (sulfide) groups is 1. The second-order valence-electron chi connectivity index (χ2n) is 6.18. The van der Waals surface area contributed by atoms with Gasteiger partial charge < -0.3 is 4.90 Å². The van der Waals surface area contributed by atoms with Crippen LogP contribution >= 0.6 is 11.8 Å². The Labute approximate surface area is 145 Å².